The summed E-state index contributed by atoms with van der Waals surface area (Å²) >= 11 is 11.8. The molecule has 0 aliphatic heterocycles. The topological polar surface area (TPSA) is 4.93 Å². The van der Waals surface area contributed by atoms with Gasteiger partial charge in [0.15, 0.2) is 0 Å². The molecule has 0 radical (unpaired) electrons. The van der Waals surface area contributed by atoms with E-state index in [0.29, 0.717) is 11.6 Å². The average Bonchev–Trinajstić information content (AvgIpc) is 2.49. The van der Waals surface area contributed by atoms with Crippen molar-refractivity contribution in [1.29, 1.82) is 0 Å². The third-order valence-electron chi connectivity index (χ3n) is 2.10. The first-order valence-corrected chi connectivity index (χ1v) is 5.01. The van der Waals surface area contributed by atoms with Crippen LogP contribution in [0.4, 0.5) is 0 Å². The van der Waals surface area contributed by atoms with Crippen molar-refractivity contribution in [2.75, 3.05) is 0 Å². The lowest BCUT2D eigenvalue weighted by molar-refractivity contribution is 0.853. The molecule has 0 saturated carbocycles. The Morgan fingerprint density at radius 2 is 2.14 bits per heavy atom. The van der Waals surface area contributed by atoms with Crippen LogP contribution in [-0.4, -0.2) is 4.57 Å². The van der Waals surface area contributed by atoms with Gasteiger partial charge in [-0.05, 0) is 18.2 Å². The van der Waals surface area contributed by atoms with Gasteiger partial charge in [0.25, 0.3) is 0 Å². The second-order valence-corrected chi connectivity index (χ2v) is 4.08. The van der Waals surface area contributed by atoms with Crippen molar-refractivity contribution < 1.29 is 0 Å². The van der Waals surface area contributed by atoms with Crippen LogP contribution in [0.25, 0.3) is 10.9 Å². The maximum atomic E-state index is 6.04. The maximum Gasteiger partial charge on any atom is 0.0577 e. The Morgan fingerprint density at radius 3 is 2.86 bits per heavy atom. The van der Waals surface area contributed by atoms with E-state index in [-0.39, 0.29) is 0 Å². The van der Waals surface area contributed by atoms with Gasteiger partial charge in [-0.1, -0.05) is 35.8 Å². The minimum Gasteiger partial charge on any atom is -0.342 e. The lowest BCUT2D eigenvalue weighted by atomic mass is 10.2. The molecule has 0 aliphatic carbocycles. The van der Waals surface area contributed by atoms with Gasteiger partial charge < -0.3 is 4.57 Å². The van der Waals surface area contributed by atoms with Gasteiger partial charge in [0.05, 0.1) is 6.54 Å². The van der Waals surface area contributed by atoms with Crippen LogP contribution in [-0.2, 0) is 6.54 Å². The molecule has 0 saturated heterocycles. The highest BCUT2D eigenvalue weighted by Gasteiger charge is 2.03. The molecule has 0 aliphatic rings. The molecule has 0 fully saturated rings. The third kappa shape index (κ3) is 1.66. The number of fused-ring (bicyclic) bond motifs is 1. The number of hydrogen-bond donors (Lipinski definition) is 0. The van der Waals surface area contributed by atoms with Gasteiger partial charge in [0.1, 0.15) is 0 Å². The van der Waals surface area contributed by atoms with Crippen LogP contribution in [0.5, 0.6) is 0 Å². The molecule has 14 heavy (non-hydrogen) atoms. The first-order valence-electron chi connectivity index (χ1n) is 4.25. The fourth-order valence-corrected chi connectivity index (χ4v) is 1.87. The van der Waals surface area contributed by atoms with Crippen molar-refractivity contribution in [2.45, 2.75) is 6.54 Å². The summed E-state index contributed by atoms with van der Waals surface area (Å²) in [7, 11) is 0. The summed E-state index contributed by atoms with van der Waals surface area (Å²) in [6.45, 7) is 4.29. The zero-order valence-corrected chi connectivity index (χ0v) is 9.02. The van der Waals surface area contributed by atoms with Crippen LogP contribution in [0, 0.1) is 0 Å². The van der Waals surface area contributed by atoms with Crippen molar-refractivity contribution in [3.63, 3.8) is 0 Å². The molecule has 0 atom stereocenters. The summed E-state index contributed by atoms with van der Waals surface area (Å²) in [5, 5.41) is 2.43. The van der Waals surface area contributed by atoms with Crippen LogP contribution in [0.3, 0.4) is 0 Å². The Morgan fingerprint density at radius 1 is 1.36 bits per heavy atom. The van der Waals surface area contributed by atoms with Crippen molar-refractivity contribution in [3.8, 4) is 0 Å². The molecule has 2 aromatic rings. The summed E-state index contributed by atoms with van der Waals surface area (Å²) in [6.07, 6.45) is 1.96. The predicted molar refractivity (Wildman–Crippen MR) is 61.9 cm³/mol. The lowest BCUT2D eigenvalue weighted by Crippen LogP contribution is -1.94. The summed E-state index contributed by atoms with van der Waals surface area (Å²) in [6, 6.07) is 7.81. The second kappa shape index (κ2) is 3.68. The highest BCUT2D eigenvalue weighted by atomic mass is 35.5. The highest BCUT2D eigenvalue weighted by molar-refractivity contribution is 6.35. The maximum absolute atomic E-state index is 6.04. The molecule has 1 aromatic carbocycles. The van der Waals surface area contributed by atoms with Gasteiger partial charge in [-0.3, -0.25) is 0 Å². The number of allylic oxidation sites excluding steroid dienone is 1. The van der Waals surface area contributed by atoms with E-state index < -0.39 is 0 Å². The van der Waals surface area contributed by atoms with Gasteiger partial charge in [-0.15, -0.1) is 0 Å². The summed E-state index contributed by atoms with van der Waals surface area (Å²) in [4.78, 5) is 0. The van der Waals surface area contributed by atoms with E-state index in [1.165, 1.54) is 0 Å². The molecule has 2 rings (SSSR count). The number of nitrogens with zero attached hydrogens (tertiary/aromatic N) is 1. The number of hydrogen-bond acceptors (Lipinski definition) is 0. The smallest absolute Gasteiger partial charge is 0.0577 e. The normalized spacial score (nSPS) is 10.7. The van der Waals surface area contributed by atoms with Gasteiger partial charge >= 0.3 is 0 Å². The van der Waals surface area contributed by atoms with Crippen molar-refractivity contribution >= 4 is 34.1 Å². The molecule has 0 spiro atoms. The van der Waals surface area contributed by atoms with Gasteiger partial charge in [0.2, 0.25) is 0 Å². The van der Waals surface area contributed by atoms with E-state index >= 15 is 0 Å². The first-order chi connectivity index (χ1) is 6.68. The average molecular weight is 226 g/mol. The summed E-state index contributed by atoms with van der Waals surface area (Å²) < 4.78 is 2.02. The summed E-state index contributed by atoms with van der Waals surface area (Å²) in [5.41, 5.74) is 1.08. The Balaban J connectivity index is 2.58. The van der Waals surface area contributed by atoms with Gasteiger partial charge in [-0.2, -0.15) is 0 Å². The van der Waals surface area contributed by atoms with Crippen molar-refractivity contribution in [1.82, 2.24) is 4.57 Å². The molecule has 72 valence electrons. The van der Waals surface area contributed by atoms with Crippen LogP contribution < -0.4 is 0 Å². The Bertz CT molecular complexity index is 485. The van der Waals surface area contributed by atoms with Crippen LogP contribution in [0.2, 0.25) is 5.02 Å². The second-order valence-electron chi connectivity index (χ2n) is 3.13. The minimum atomic E-state index is 0.613. The SMILES string of the molecule is C=C(Cl)Cn1ccc2c(Cl)cccc21. The van der Waals surface area contributed by atoms with Gasteiger partial charge in [-0.25, -0.2) is 0 Å². The quantitative estimate of drug-likeness (QED) is 0.727. The molecule has 0 unspecified atom stereocenters. The van der Waals surface area contributed by atoms with E-state index in [0.717, 1.165) is 15.9 Å². The number of aromatic nitrogens is 1. The largest absolute Gasteiger partial charge is 0.342 e. The zero-order valence-electron chi connectivity index (χ0n) is 7.50. The third-order valence-corrected chi connectivity index (χ3v) is 2.55. The van der Waals surface area contributed by atoms with E-state index in [2.05, 4.69) is 6.58 Å². The van der Waals surface area contributed by atoms with E-state index in [1.54, 1.807) is 0 Å². The minimum absolute atomic E-state index is 0.613. The fourth-order valence-electron chi connectivity index (χ4n) is 1.51. The van der Waals surface area contributed by atoms with E-state index in [9.17, 15) is 0 Å². The molecular weight excluding hydrogens is 217 g/mol. The van der Waals surface area contributed by atoms with E-state index in [1.807, 2.05) is 35.0 Å². The molecular formula is C11H9Cl2N. The number of halogens is 2. The standard InChI is InChI=1S/C11H9Cl2N/c1-8(12)7-14-6-5-9-10(13)3-2-4-11(9)14/h2-6H,1,7H2. The van der Waals surface area contributed by atoms with Crippen molar-refractivity contribution in [3.05, 3.63) is 47.1 Å². The predicted octanol–water partition coefficient (Wildman–Crippen LogP) is 4.05. The molecule has 0 bridgehead atoms. The zero-order chi connectivity index (χ0) is 10.1. The molecule has 0 amide bonds. The number of rotatable bonds is 2. The highest BCUT2D eigenvalue weighted by Crippen LogP contribution is 2.24. The first kappa shape index (κ1) is 9.63. The molecule has 1 aromatic heterocycles. The van der Waals surface area contributed by atoms with Crippen molar-refractivity contribution in [2.24, 2.45) is 0 Å². The van der Waals surface area contributed by atoms with Crippen LogP contribution in [0.15, 0.2) is 42.1 Å². The molecule has 1 heterocycles. The fraction of sp³-hybridized carbons (Fsp3) is 0.0909. The molecule has 0 N–H and O–H groups in total. The number of benzene rings is 1. The summed E-state index contributed by atoms with van der Waals surface area (Å²) in [5.74, 6) is 0. The van der Waals surface area contributed by atoms with E-state index in [4.69, 9.17) is 23.2 Å². The Labute approximate surface area is 92.5 Å². The molecule has 1 nitrogen and oxygen atoms in total. The Kier molecular flexibility index (Phi) is 2.53. The van der Waals surface area contributed by atoms with Crippen LogP contribution >= 0.6 is 23.2 Å². The molecule has 3 heteroatoms. The van der Waals surface area contributed by atoms with Crippen LogP contribution in [0.1, 0.15) is 0 Å². The Hall–Kier alpha value is -0.920. The van der Waals surface area contributed by atoms with Gasteiger partial charge in [0, 0.05) is 27.2 Å². The lowest BCUT2D eigenvalue weighted by Gasteiger charge is -2.03. The monoisotopic (exact) mass is 225 g/mol.